The monoisotopic (exact) mass is 381 g/mol. The molecule has 0 aliphatic carbocycles. The van der Waals surface area contributed by atoms with Crippen molar-refractivity contribution in [2.24, 2.45) is 0 Å². The summed E-state index contributed by atoms with van der Waals surface area (Å²) < 4.78 is 27.5. The first-order valence-electron chi connectivity index (χ1n) is 8.73. The van der Waals surface area contributed by atoms with Crippen molar-refractivity contribution in [3.63, 3.8) is 0 Å². The van der Waals surface area contributed by atoms with Crippen molar-refractivity contribution in [2.75, 3.05) is 6.54 Å². The molecule has 3 aromatic carbocycles. The first kappa shape index (κ1) is 19.3. The van der Waals surface area contributed by atoms with Crippen molar-refractivity contribution in [3.05, 3.63) is 90.0 Å². The van der Waals surface area contributed by atoms with Crippen LogP contribution in [0.25, 0.3) is 11.1 Å². The molecule has 0 spiro atoms. The van der Waals surface area contributed by atoms with Crippen LogP contribution in [-0.2, 0) is 15.6 Å². The fraction of sp³-hybridized carbons (Fsp3) is 0.182. The Labute approximate surface area is 160 Å². The number of sulfonamides is 1. The molecule has 1 atom stereocenters. The lowest BCUT2D eigenvalue weighted by atomic mass is 9.94. The standard InChI is InChI=1S/C22H23NO3S/c1-17-7-6-10-21(15-17)27(25,26)23-16-22(2,24)20-13-11-19(12-14-20)18-8-4-3-5-9-18/h3-15,23-24H,16H2,1-2H3. The molecule has 1 unspecified atom stereocenters. The zero-order valence-corrected chi connectivity index (χ0v) is 16.2. The minimum atomic E-state index is -3.69. The lowest BCUT2D eigenvalue weighted by Gasteiger charge is -2.24. The number of hydrogen-bond acceptors (Lipinski definition) is 3. The lowest BCUT2D eigenvalue weighted by Crippen LogP contribution is -2.38. The Balaban J connectivity index is 1.74. The second-order valence-corrected chi connectivity index (χ2v) is 8.63. The van der Waals surface area contributed by atoms with Crippen molar-refractivity contribution in [1.29, 1.82) is 0 Å². The van der Waals surface area contributed by atoms with Gasteiger partial charge in [0, 0.05) is 6.54 Å². The van der Waals surface area contributed by atoms with Crippen LogP contribution in [0.1, 0.15) is 18.1 Å². The van der Waals surface area contributed by atoms with Gasteiger partial charge in [-0.05, 0) is 48.2 Å². The molecule has 0 saturated heterocycles. The van der Waals surface area contributed by atoms with Crippen LogP contribution in [0.5, 0.6) is 0 Å². The third kappa shape index (κ3) is 4.63. The number of benzene rings is 3. The van der Waals surface area contributed by atoms with Crippen molar-refractivity contribution in [3.8, 4) is 11.1 Å². The van der Waals surface area contributed by atoms with E-state index < -0.39 is 15.6 Å². The molecule has 0 amide bonds. The highest BCUT2D eigenvalue weighted by Gasteiger charge is 2.26. The van der Waals surface area contributed by atoms with Crippen LogP contribution in [0, 0.1) is 6.92 Å². The van der Waals surface area contributed by atoms with E-state index in [4.69, 9.17) is 0 Å². The van der Waals surface area contributed by atoms with E-state index in [0.29, 0.717) is 5.56 Å². The highest BCUT2D eigenvalue weighted by Crippen LogP contribution is 2.25. The summed E-state index contributed by atoms with van der Waals surface area (Å²) in [6.45, 7) is 3.32. The molecule has 0 heterocycles. The predicted octanol–water partition coefficient (Wildman–Crippen LogP) is 3.85. The van der Waals surface area contributed by atoms with Crippen LogP contribution in [0.2, 0.25) is 0 Å². The van der Waals surface area contributed by atoms with E-state index in [1.54, 1.807) is 25.1 Å². The topological polar surface area (TPSA) is 66.4 Å². The lowest BCUT2D eigenvalue weighted by molar-refractivity contribution is 0.0627. The normalized spacial score (nSPS) is 13.9. The molecule has 3 aromatic rings. The maximum Gasteiger partial charge on any atom is 0.240 e. The summed E-state index contributed by atoms with van der Waals surface area (Å²) in [7, 11) is -3.69. The SMILES string of the molecule is Cc1cccc(S(=O)(=O)NCC(C)(O)c2ccc(-c3ccccc3)cc2)c1. The molecule has 0 aliphatic heterocycles. The molecule has 0 radical (unpaired) electrons. The van der Waals surface area contributed by atoms with Gasteiger partial charge in [-0.25, -0.2) is 13.1 Å². The van der Waals surface area contributed by atoms with E-state index >= 15 is 0 Å². The van der Waals surface area contributed by atoms with E-state index in [1.807, 2.05) is 67.6 Å². The molecular weight excluding hydrogens is 358 g/mol. The van der Waals surface area contributed by atoms with Crippen molar-refractivity contribution in [1.82, 2.24) is 4.72 Å². The number of nitrogens with one attached hydrogen (secondary N) is 1. The molecule has 140 valence electrons. The first-order chi connectivity index (χ1) is 12.8. The van der Waals surface area contributed by atoms with Crippen LogP contribution >= 0.6 is 0 Å². The molecule has 0 saturated carbocycles. The number of aryl methyl sites for hydroxylation is 1. The number of hydrogen-bond donors (Lipinski definition) is 2. The van der Waals surface area contributed by atoms with Crippen LogP contribution in [0.4, 0.5) is 0 Å². The van der Waals surface area contributed by atoms with E-state index in [9.17, 15) is 13.5 Å². The minimum Gasteiger partial charge on any atom is -0.384 e. The Hall–Kier alpha value is -2.47. The smallest absolute Gasteiger partial charge is 0.240 e. The summed E-state index contributed by atoms with van der Waals surface area (Å²) in [5.41, 5.74) is 2.31. The second-order valence-electron chi connectivity index (χ2n) is 6.86. The number of rotatable bonds is 6. The summed E-state index contributed by atoms with van der Waals surface area (Å²) in [6, 6.07) is 24.1. The zero-order valence-electron chi connectivity index (χ0n) is 15.4. The third-order valence-corrected chi connectivity index (χ3v) is 5.92. The summed E-state index contributed by atoms with van der Waals surface area (Å²) in [6.07, 6.45) is 0. The van der Waals surface area contributed by atoms with Gasteiger partial charge in [-0.15, -0.1) is 0 Å². The molecule has 0 aliphatic rings. The molecule has 4 nitrogen and oxygen atoms in total. The van der Waals surface area contributed by atoms with Crippen LogP contribution in [0.15, 0.2) is 83.8 Å². The third-order valence-electron chi connectivity index (χ3n) is 4.52. The molecule has 27 heavy (non-hydrogen) atoms. The van der Waals surface area contributed by atoms with Gasteiger partial charge >= 0.3 is 0 Å². The summed E-state index contributed by atoms with van der Waals surface area (Å²) in [5, 5.41) is 10.8. The zero-order chi connectivity index (χ0) is 19.5. The molecule has 0 aromatic heterocycles. The fourth-order valence-electron chi connectivity index (χ4n) is 2.86. The highest BCUT2D eigenvalue weighted by molar-refractivity contribution is 7.89. The first-order valence-corrected chi connectivity index (χ1v) is 10.2. The number of aliphatic hydroxyl groups is 1. The summed E-state index contributed by atoms with van der Waals surface area (Å²) in [5.74, 6) is 0. The molecule has 5 heteroatoms. The van der Waals surface area contributed by atoms with Gasteiger partial charge in [-0.2, -0.15) is 0 Å². The average molecular weight is 381 g/mol. The van der Waals surface area contributed by atoms with Gasteiger partial charge in [0.2, 0.25) is 10.0 Å². The Morgan fingerprint density at radius 3 is 2.15 bits per heavy atom. The Morgan fingerprint density at radius 1 is 0.889 bits per heavy atom. The Morgan fingerprint density at radius 2 is 1.52 bits per heavy atom. The average Bonchev–Trinajstić information content (AvgIpc) is 2.67. The van der Waals surface area contributed by atoms with Gasteiger partial charge in [0.15, 0.2) is 0 Å². The quantitative estimate of drug-likeness (QED) is 0.682. The van der Waals surface area contributed by atoms with E-state index in [1.165, 1.54) is 0 Å². The summed E-state index contributed by atoms with van der Waals surface area (Å²) >= 11 is 0. The van der Waals surface area contributed by atoms with Crippen molar-refractivity contribution in [2.45, 2.75) is 24.3 Å². The van der Waals surface area contributed by atoms with Crippen molar-refractivity contribution >= 4 is 10.0 Å². The maximum atomic E-state index is 12.5. The van der Waals surface area contributed by atoms with E-state index in [-0.39, 0.29) is 11.4 Å². The van der Waals surface area contributed by atoms with Crippen molar-refractivity contribution < 1.29 is 13.5 Å². The second kappa shape index (κ2) is 7.64. The van der Waals surface area contributed by atoms with E-state index in [0.717, 1.165) is 16.7 Å². The Kier molecular flexibility index (Phi) is 5.46. The van der Waals surface area contributed by atoms with Crippen LogP contribution in [0.3, 0.4) is 0 Å². The largest absolute Gasteiger partial charge is 0.384 e. The summed E-state index contributed by atoms with van der Waals surface area (Å²) in [4.78, 5) is 0.192. The highest BCUT2D eigenvalue weighted by atomic mass is 32.2. The van der Waals surface area contributed by atoms with Gasteiger partial charge in [-0.3, -0.25) is 0 Å². The van der Waals surface area contributed by atoms with Gasteiger partial charge in [0.1, 0.15) is 5.60 Å². The molecule has 0 bridgehead atoms. The molecule has 2 N–H and O–H groups in total. The molecule has 3 rings (SSSR count). The van der Waals surface area contributed by atoms with E-state index in [2.05, 4.69) is 4.72 Å². The van der Waals surface area contributed by atoms with Crippen LogP contribution < -0.4 is 4.72 Å². The molecular formula is C22H23NO3S. The van der Waals surface area contributed by atoms with Gasteiger partial charge in [-0.1, -0.05) is 66.7 Å². The fourth-order valence-corrected chi connectivity index (χ4v) is 4.09. The van der Waals surface area contributed by atoms with Gasteiger partial charge in [0.05, 0.1) is 4.90 Å². The Bertz CT molecular complexity index is 1010. The van der Waals surface area contributed by atoms with Gasteiger partial charge in [0.25, 0.3) is 0 Å². The van der Waals surface area contributed by atoms with Crippen LogP contribution in [-0.4, -0.2) is 20.1 Å². The minimum absolute atomic E-state index is 0.117. The predicted molar refractivity (Wildman–Crippen MR) is 108 cm³/mol. The molecule has 0 fully saturated rings. The van der Waals surface area contributed by atoms with Gasteiger partial charge < -0.3 is 5.11 Å². The maximum absolute atomic E-state index is 12.5.